The molecule has 148 valence electrons. The van der Waals surface area contributed by atoms with Crippen LogP contribution in [0.5, 0.6) is 11.5 Å². The van der Waals surface area contributed by atoms with Crippen molar-refractivity contribution in [2.75, 3.05) is 0 Å². The van der Waals surface area contributed by atoms with Crippen molar-refractivity contribution < 1.29 is 19.7 Å². The monoisotopic (exact) mass is 445 g/mol. The van der Waals surface area contributed by atoms with Crippen LogP contribution < -0.4 is 4.74 Å². The maximum absolute atomic E-state index is 11.4. The molecule has 0 radical (unpaired) electrons. The molecule has 2 aromatic rings. The Morgan fingerprint density at radius 2 is 1.86 bits per heavy atom. The second-order valence-electron chi connectivity index (χ2n) is 8.61. The first-order valence-corrected chi connectivity index (χ1v) is 9.07. The molecule has 2 heterocycles. The Kier molecular flexibility index (Phi) is 4.82. The Bertz CT molecular complexity index is 1010. The zero-order valence-electron chi connectivity index (χ0n) is 16.4. The summed E-state index contributed by atoms with van der Waals surface area (Å²) in [6, 6.07) is 8.63. The highest BCUT2D eigenvalue weighted by Gasteiger charge is 2.39. The normalized spacial score (nSPS) is 18.2. The quantitative estimate of drug-likeness (QED) is 0.710. The fraction of sp³-hybridized carbons (Fsp3) is 0.364. The van der Waals surface area contributed by atoms with E-state index in [0.717, 1.165) is 28.0 Å². The molecule has 6 heteroatoms. The number of ether oxygens (including phenoxy) is 1. The molecule has 0 fully saturated rings. The molecule has 0 spiro atoms. The molecular weight excluding hydrogens is 422 g/mol. The fourth-order valence-electron chi connectivity index (χ4n) is 4.09. The number of benzene rings is 2. The van der Waals surface area contributed by atoms with E-state index in [1.165, 1.54) is 0 Å². The number of nitrogens with zero attached hydrogens (tertiary/aromatic N) is 1. The Balaban J connectivity index is 0.00000225. The second kappa shape index (κ2) is 6.62. The van der Waals surface area contributed by atoms with Crippen LogP contribution in [0.3, 0.4) is 0 Å². The van der Waals surface area contributed by atoms with Gasteiger partial charge >= 0.3 is 5.97 Å². The average molecular weight is 446 g/mol. The van der Waals surface area contributed by atoms with Crippen LogP contribution in [0.25, 0.3) is 0 Å². The van der Waals surface area contributed by atoms with E-state index < -0.39 is 11.6 Å². The minimum Gasteiger partial charge on any atom is -0.504 e. The maximum Gasteiger partial charge on any atom is 0.335 e. The molecule has 4 rings (SSSR count). The van der Waals surface area contributed by atoms with Crippen LogP contribution in [0.1, 0.15) is 60.3 Å². The van der Waals surface area contributed by atoms with Gasteiger partial charge in [-0.2, -0.15) is 0 Å². The lowest BCUT2D eigenvalue weighted by molar-refractivity contribution is 0.0697. The molecule has 28 heavy (non-hydrogen) atoms. The summed E-state index contributed by atoms with van der Waals surface area (Å²) in [5.74, 6) is -0.292. The van der Waals surface area contributed by atoms with Gasteiger partial charge in [0, 0.05) is 23.1 Å². The van der Waals surface area contributed by atoms with Gasteiger partial charge in [-0.05, 0) is 57.9 Å². The van der Waals surface area contributed by atoms with Crippen LogP contribution in [-0.2, 0) is 12.8 Å². The Morgan fingerprint density at radius 3 is 2.54 bits per heavy atom. The molecule has 0 saturated heterocycles. The van der Waals surface area contributed by atoms with E-state index in [1.807, 2.05) is 33.8 Å². The van der Waals surface area contributed by atoms with Crippen molar-refractivity contribution in [3.8, 4) is 11.5 Å². The number of phenolic OH excluding ortho intramolecular Hbond substituents is 1. The zero-order valence-corrected chi connectivity index (χ0v) is 18.1. The van der Waals surface area contributed by atoms with Gasteiger partial charge in [-0.1, -0.05) is 12.1 Å². The van der Waals surface area contributed by atoms with Gasteiger partial charge in [-0.3, -0.25) is 4.99 Å². The number of aromatic carboxylic acids is 1. The van der Waals surface area contributed by atoms with Gasteiger partial charge in [0.05, 0.1) is 16.8 Å². The maximum atomic E-state index is 11.4. The third-order valence-electron chi connectivity index (χ3n) is 5.08. The average Bonchev–Trinajstić information content (AvgIpc) is 2.89. The predicted octanol–water partition coefficient (Wildman–Crippen LogP) is 4.55. The molecule has 0 bridgehead atoms. The second-order valence-corrected chi connectivity index (χ2v) is 8.61. The highest BCUT2D eigenvalue weighted by Crippen LogP contribution is 2.47. The molecule has 0 aliphatic carbocycles. The first kappa shape index (κ1) is 20.4. The van der Waals surface area contributed by atoms with Crippen molar-refractivity contribution in [1.82, 2.24) is 0 Å². The van der Waals surface area contributed by atoms with Gasteiger partial charge in [-0.15, -0.1) is 17.0 Å². The Hall–Kier alpha value is -2.34. The number of carboxylic acids is 1. The van der Waals surface area contributed by atoms with Gasteiger partial charge in [-0.25, -0.2) is 4.79 Å². The summed E-state index contributed by atoms with van der Waals surface area (Å²) in [5, 5.41) is 19.9. The first-order chi connectivity index (χ1) is 12.6. The molecule has 0 atom stereocenters. The van der Waals surface area contributed by atoms with E-state index in [0.29, 0.717) is 18.6 Å². The van der Waals surface area contributed by atoms with Crippen LogP contribution >= 0.6 is 17.0 Å². The highest BCUT2D eigenvalue weighted by molar-refractivity contribution is 8.93. The summed E-state index contributed by atoms with van der Waals surface area (Å²) in [4.78, 5) is 16.4. The number of aromatic hydroxyl groups is 1. The predicted molar refractivity (Wildman–Crippen MR) is 114 cm³/mol. The minimum absolute atomic E-state index is 0. The van der Waals surface area contributed by atoms with Crippen molar-refractivity contribution in [2.45, 2.75) is 51.7 Å². The van der Waals surface area contributed by atoms with Crippen LogP contribution in [0, 0.1) is 0 Å². The number of carboxylic acid groups (broad SMARTS) is 1. The number of hydrogen-bond donors (Lipinski definition) is 2. The largest absolute Gasteiger partial charge is 0.504 e. The molecule has 0 aromatic heterocycles. The molecular formula is C22H24BrNO4. The topological polar surface area (TPSA) is 79.1 Å². The summed E-state index contributed by atoms with van der Waals surface area (Å²) in [5.41, 5.74) is 3.94. The third kappa shape index (κ3) is 3.41. The molecule has 5 nitrogen and oxygen atoms in total. The van der Waals surface area contributed by atoms with Crippen molar-refractivity contribution in [2.24, 2.45) is 4.99 Å². The number of phenols is 1. The highest BCUT2D eigenvalue weighted by atomic mass is 79.9. The number of rotatable bonds is 2. The first-order valence-electron chi connectivity index (χ1n) is 9.07. The third-order valence-corrected chi connectivity index (χ3v) is 5.08. The van der Waals surface area contributed by atoms with Gasteiger partial charge in [0.2, 0.25) is 0 Å². The van der Waals surface area contributed by atoms with E-state index >= 15 is 0 Å². The van der Waals surface area contributed by atoms with Crippen LogP contribution in [0.15, 0.2) is 35.3 Å². The van der Waals surface area contributed by atoms with E-state index in [9.17, 15) is 15.0 Å². The summed E-state index contributed by atoms with van der Waals surface area (Å²) >= 11 is 0. The molecule has 0 saturated carbocycles. The van der Waals surface area contributed by atoms with Crippen molar-refractivity contribution in [1.29, 1.82) is 0 Å². The number of aliphatic imine (C=N–C) groups is 1. The molecule has 2 N–H and O–H groups in total. The molecule has 2 aliphatic heterocycles. The van der Waals surface area contributed by atoms with Crippen molar-refractivity contribution in [3.05, 3.63) is 58.1 Å². The molecule has 2 aliphatic rings. The smallest absolute Gasteiger partial charge is 0.335 e. The fourth-order valence-corrected chi connectivity index (χ4v) is 4.09. The van der Waals surface area contributed by atoms with Gasteiger partial charge in [0.25, 0.3) is 0 Å². The van der Waals surface area contributed by atoms with Crippen molar-refractivity contribution >= 4 is 28.7 Å². The van der Waals surface area contributed by atoms with E-state index in [-0.39, 0.29) is 33.8 Å². The van der Waals surface area contributed by atoms with Crippen LogP contribution in [-0.4, -0.2) is 33.0 Å². The Labute approximate surface area is 174 Å². The van der Waals surface area contributed by atoms with Gasteiger partial charge in [0.15, 0.2) is 11.5 Å². The molecule has 0 amide bonds. The molecule has 0 unspecified atom stereocenters. The number of hydrogen-bond acceptors (Lipinski definition) is 4. The van der Waals surface area contributed by atoms with Crippen LogP contribution in [0.4, 0.5) is 0 Å². The standard InChI is InChI=1S/C22H23NO4.BrH/c1-21(2)10-14-9-16(24)19-15(11-22(3,4)27-19)17(14)18(23-21)12-6-5-7-13(8-12)20(25)26;/h5-9,24H,10-11H2,1-4H3,(H,25,26);1H. The van der Waals surface area contributed by atoms with E-state index in [4.69, 9.17) is 9.73 Å². The van der Waals surface area contributed by atoms with Gasteiger partial charge in [0.1, 0.15) is 5.60 Å². The van der Waals surface area contributed by atoms with Crippen molar-refractivity contribution in [3.63, 3.8) is 0 Å². The number of carbonyl (C=O) groups is 1. The SMILES string of the molecule is Br.CC1(C)Cc2cc(O)c3c(c2C(c2cccc(C(=O)O)c2)=N1)CC(C)(C)O3. The summed E-state index contributed by atoms with van der Waals surface area (Å²) in [6.07, 6.45) is 1.36. The summed E-state index contributed by atoms with van der Waals surface area (Å²) in [7, 11) is 0. The molecule has 2 aromatic carbocycles. The van der Waals surface area contributed by atoms with E-state index in [2.05, 4.69) is 0 Å². The summed E-state index contributed by atoms with van der Waals surface area (Å²) < 4.78 is 5.99. The summed E-state index contributed by atoms with van der Waals surface area (Å²) in [6.45, 7) is 8.07. The zero-order chi connectivity index (χ0) is 19.6. The lowest BCUT2D eigenvalue weighted by atomic mass is 9.81. The number of halogens is 1. The number of fused-ring (bicyclic) bond motifs is 3. The van der Waals surface area contributed by atoms with E-state index in [1.54, 1.807) is 24.3 Å². The van der Waals surface area contributed by atoms with Gasteiger partial charge < -0.3 is 14.9 Å². The van der Waals surface area contributed by atoms with Crippen LogP contribution in [0.2, 0.25) is 0 Å². The minimum atomic E-state index is -0.965. The Morgan fingerprint density at radius 1 is 1.14 bits per heavy atom. The lowest BCUT2D eigenvalue weighted by Gasteiger charge is -2.30. The lowest BCUT2D eigenvalue weighted by Crippen LogP contribution is -2.30.